The maximum Gasteiger partial charge on any atom is 0.337 e. The summed E-state index contributed by atoms with van der Waals surface area (Å²) < 4.78 is 10.9. The summed E-state index contributed by atoms with van der Waals surface area (Å²) >= 11 is 0. The van der Waals surface area contributed by atoms with Crippen molar-refractivity contribution in [3.63, 3.8) is 0 Å². The van der Waals surface area contributed by atoms with E-state index in [0.29, 0.717) is 0 Å². The molecule has 0 aromatic heterocycles. The van der Waals surface area contributed by atoms with Crippen LogP contribution in [0, 0.1) is 0 Å². The highest BCUT2D eigenvalue weighted by molar-refractivity contribution is 6.74. The van der Waals surface area contributed by atoms with E-state index in [1.54, 1.807) is 6.92 Å². The number of carboxylic acids is 1. The summed E-state index contributed by atoms with van der Waals surface area (Å²) in [5.74, 6) is -1.72. The van der Waals surface area contributed by atoms with Crippen LogP contribution in [0.1, 0.15) is 34.1 Å². The Balaban J connectivity index is 5.42. The van der Waals surface area contributed by atoms with Crippen LogP contribution in [0.3, 0.4) is 0 Å². The second kappa shape index (κ2) is 6.09. The normalized spacial score (nSPS) is 15.3. The lowest BCUT2D eigenvalue weighted by molar-refractivity contribution is -0.158. The van der Waals surface area contributed by atoms with E-state index in [1.165, 1.54) is 7.11 Å². The smallest absolute Gasteiger partial charge is 0.337 e. The number of carboxylic acid groups (broad SMARTS) is 1. The number of hydrogen-bond acceptors (Lipinski definition) is 4. The van der Waals surface area contributed by atoms with Crippen molar-refractivity contribution in [3.05, 3.63) is 12.2 Å². The zero-order chi connectivity index (χ0) is 16.4. The Hall–Kier alpha value is -1.14. The van der Waals surface area contributed by atoms with Gasteiger partial charge in [-0.3, -0.25) is 0 Å². The highest BCUT2D eigenvalue weighted by Crippen LogP contribution is 2.40. The molecule has 0 aromatic rings. The van der Waals surface area contributed by atoms with Crippen LogP contribution in [0.5, 0.6) is 0 Å². The Bertz CT molecular complexity index is 408. The van der Waals surface area contributed by atoms with Crippen molar-refractivity contribution in [2.24, 2.45) is 0 Å². The van der Waals surface area contributed by atoms with E-state index in [1.807, 2.05) is 33.9 Å². The average Bonchev–Trinajstić information content (AvgIpc) is 2.25. The maximum atomic E-state index is 12.0. The number of carbonyl (C=O) groups excluding carboxylic acids is 1. The minimum atomic E-state index is -2.26. The Morgan fingerprint density at radius 2 is 1.65 bits per heavy atom. The molecule has 0 aliphatic carbocycles. The van der Waals surface area contributed by atoms with Gasteiger partial charge < -0.3 is 14.3 Å². The fourth-order valence-corrected chi connectivity index (χ4v) is 3.15. The highest BCUT2D eigenvalue weighted by atomic mass is 28.4. The van der Waals surface area contributed by atoms with Crippen LogP contribution in [0.4, 0.5) is 0 Å². The Kier molecular flexibility index (Phi) is 5.75. The molecule has 0 saturated heterocycles. The molecule has 5 nitrogen and oxygen atoms in total. The van der Waals surface area contributed by atoms with Crippen LogP contribution in [-0.4, -0.2) is 38.1 Å². The molecule has 0 amide bonds. The van der Waals surface area contributed by atoms with Crippen molar-refractivity contribution in [1.82, 2.24) is 0 Å². The molecule has 20 heavy (non-hydrogen) atoms. The third-order valence-electron chi connectivity index (χ3n) is 3.76. The van der Waals surface area contributed by atoms with Gasteiger partial charge in [0.2, 0.25) is 0 Å². The first kappa shape index (κ1) is 18.9. The number of ether oxygens (including phenoxy) is 1. The summed E-state index contributed by atoms with van der Waals surface area (Å²) in [4.78, 5) is 23.0. The molecular weight excluding hydrogens is 276 g/mol. The molecule has 0 aliphatic rings. The predicted octanol–water partition coefficient (Wildman–Crippen LogP) is 2.97. The van der Waals surface area contributed by atoms with Crippen molar-refractivity contribution in [1.29, 1.82) is 0 Å². The van der Waals surface area contributed by atoms with Gasteiger partial charge in [0.25, 0.3) is 0 Å². The maximum absolute atomic E-state index is 12.0. The van der Waals surface area contributed by atoms with Gasteiger partial charge in [-0.15, -0.1) is 0 Å². The van der Waals surface area contributed by atoms with Gasteiger partial charge in [0.15, 0.2) is 13.9 Å². The van der Waals surface area contributed by atoms with Crippen LogP contribution < -0.4 is 0 Å². The lowest BCUT2D eigenvalue weighted by Crippen LogP contribution is -2.52. The highest BCUT2D eigenvalue weighted by Gasteiger charge is 2.47. The number of methoxy groups -OCH3 is 1. The molecule has 0 saturated carbocycles. The van der Waals surface area contributed by atoms with Crippen LogP contribution >= 0.6 is 0 Å². The van der Waals surface area contributed by atoms with Crippen LogP contribution in [0.25, 0.3) is 0 Å². The van der Waals surface area contributed by atoms with Gasteiger partial charge in [-0.2, -0.15) is 0 Å². The quantitative estimate of drug-likeness (QED) is 0.464. The lowest BCUT2D eigenvalue weighted by atomic mass is 9.97. The van der Waals surface area contributed by atoms with Gasteiger partial charge >= 0.3 is 11.9 Å². The van der Waals surface area contributed by atoms with Gasteiger partial charge in [0, 0.05) is 12.0 Å². The summed E-state index contributed by atoms with van der Waals surface area (Å²) in [6.45, 7) is 15.2. The molecule has 0 heterocycles. The van der Waals surface area contributed by atoms with Crippen LogP contribution in [0.2, 0.25) is 18.1 Å². The minimum absolute atomic E-state index is 0.0726. The lowest BCUT2D eigenvalue weighted by Gasteiger charge is -2.42. The van der Waals surface area contributed by atoms with E-state index < -0.39 is 25.9 Å². The van der Waals surface area contributed by atoms with Gasteiger partial charge in [-0.1, -0.05) is 27.4 Å². The zero-order valence-corrected chi connectivity index (χ0v) is 14.5. The average molecular weight is 302 g/mol. The molecule has 0 aromatic carbocycles. The molecule has 6 heteroatoms. The first-order chi connectivity index (χ1) is 8.77. The number of hydrogen-bond donors (Lipinski definition) is 1. The topological polar surface area (TPSA) is 72.8 Å². The van der Waals surface area contributed by atoms with Gasteiger partial charge in [0.1, 0.15) is 0 Å². The van der Waals surface area contributed by atoms with Gasteiger partial charge in [0.05, 0.1) is 7.11 Å². The molecule has 0 rings (SSSR count). The molecule has 0 radical (unpaired) electrons. The number of carbonyl (C=O) groups is 2. The molecule has 0 aliphatic heterocycles. The summed E-state index contributed by atoms with van der Waals surface area (Å²) in [6, 6.07) is 0. The molecule has 0 spiro atoms. The Morgan fingerprint density at radius 1 is 1.20 bits per heavy atom. The van der Waals surface area contributed by atoms with E-state index in [0.717, 1.165) is 0 Å². The second-order valence-electron chi connectivity index (χ2n) is 6.67. The Labute approximate surface area is 122 Å². The van der Waals surface area contributed by atoms with Crippen LogP contribution in [-0.2, 0) is 18.8 Å². The van der Waals surface area contributed by atoms with E-state index in [2.05, 4.69) is 6.58 Å². The minimum Gasteiger partial charge on any atom is -0.478 e. The molecule has 0 bridgehead atoms. The van der Waals surface area contributed by atoms with E-state index in [4.69, 9.17) is 14.3 Å². The SMILES string of the molecule is C=C(CC(C)(O[Si](C)(C)C(C)(C)C)C(=O)OC)C(=O)O. The fourth-order valence-electron chi connectivity index (χ4n) is 1.56. The fraction of sp³-hybridized carbons (Fsp3) is 0.714. The predicted molar refractivity (Wildman–Crippen MR) is 80.1 cm³/mol. The van der Waals surface area contributed by atoms with Crippen molar-refractivity contribution < 1.29 is 23.9 Å². The first-order valence-corrected chi connectivity index (χ1v) is 9.37. The second-order valence-corrected chi connectivity index (χ2v) is 11.4. The standard InChI is InChI=1S/C14H26O5Si/c1-10(11(15)16)9-14(5,12(17)18-6)19-20(7,8)13(2,3)4/h1,9H2,2-8H3,(H,15,16). The van der Waals surface area contributed by atoms with Gasteiger partial charge in [-0.05, 0) is 25.1 Å². The summed E-state index contributed by atoms with van der Waals surface area (Å²) in [5.41, 5.74) is -1.40. The third kappa shape index (κ3) is 4.45. The largest absolute Gasteiger partial charge is 0.478 e. The summed E-state index contributed by atoms with van der Waals surface area (Å²) in [7, 11) is -0.993. The zero-order valence-electron chi connectivity index (χ0n) is 13.5. The molecular formula is C14H26O5Si. The first-order valence-electron chi connectivity index (χ1n) is 6.46. The van der Waals surface area contributed by atoms with Gasteiger partial charge in [-0.25, -0.2) is 9.59 Å². The Morgan fingerprint density at radius 3 is 1.95 bits per heavy atom. The van der Waals surface area contributed by atoms with Crippen LogP contribution in [0.15, 0.2) is 12.2 Å². The number of aliphatic carboxylic acids is 1. The molecule has 0 fully saturated rings. The van der Waals surface area contributed by atoms with Crippen molar-refractivity contribution in [3.8, 4) is 0 Å². The molecule has 116 valence electrons. The number of esters is 1. The number of rotatable bonds is 6. The molecule has 1 N–H and O–H groups in total. The van der Waals surface area contributed by atoms with Crippen molar-refractivity contribution in [2.45, 2.75) is 57.8 Å². The van der Waals surface area contributed by atoms with E-state index in [-0.39, 0.29) is 17.0 Å². The summed E-state index contributed by atoms with van der Waals surface area (Å²) in [5, 5.41) is 8.86. The third-order valence-corrected chi connectivity index (χ3v) is 8.33. The molecule has 1 unspecified atom stereocenters. The van der Waals surface area contributed by atoms with E-state index in [9.17, 15) is 9.59 Å². The van der Waals surface area contributed by atoms with Crippen molar-refractivity contribution in [2.75, 3.05) is 7.11 Å². The van der Waals surface area contributed by atoms with E-state index >= 15 is 0 Å². The monoisotopic (exact) mass is 302 g/mol. The van der Waals surface area contributed by atoms with Crippen molar-refractivity contribution >= 4 is 20.3 Å². The molecule has 1 atom stereocenters. The summed E-state index contributed by atoms with van der Waals surface area (Å²) in [6.07, 6.45) is -0.0957.